The molecule has 0 aliphatic carbocycles. The zero-order valence-electron chi connectivity index (χ0n) is 20.4. The molecule has 32 heavy (non-hydrogen) atoms. The highest BCUT2D eigenvalue weighted by Gasteiger charge is 2.23. The molecule has 0 fully saturated rings. The van der Waals surface area contributed by atoms with Gasteiger partial charge in [0, 0.05) is 13.0 Å². The summed E-state index contributed by atoms with van der Waals surface area (Å²) in [4.78, 5) is 47.3. The lowest BCUT2D eigenvalue weighted by molar-refractivity contribution is -0.145. The summed E-state index contributed by atoms with van der Waals surface area (Å²) in [5, 5.41) is 5.26. The molecule has 0 aromatic carbocycles. The van der Waals surface area contributed by atoms with Crippen LogP contribution in [0.1, 0.15) is 104 Å². The second-order valence-corrected chi connectivity index (χ2v) is 8.58. The first-order valence-electron chi connectivity index (χ1n) is 12.2. The Morgan fingerprint density at radius 2 is 1.41 bits per heavy atom. The lowest BCUT2D eigenvalue weighted by atomic mass is 10.0. The Labute approximate surface area is 193 Å². The lowest BCUT2D eigenvalue weighted by Crippen LogP contribution is -2.49. The van der Waals surface area contributed by atoms with Gasteiger partial charge in [-0.1, -0.05) is 78.1 Å². The molecule has 4 N–H and O–H groups in total. The standard InChI is InChI=1S/C24H45N3O5/c1-4-5-6-7-8-9-10-11-12-13-14-15-22(29)27-20(18-21(25)28)23(30)26-17-16-19(2)24(31)32-3/h19-20H,4-18H2,1-3H3,(H2,25,28)(H,26,30)(H,27,29)/t19?,20-/m1/s1. The highest BCUT2D eigenvalue weighted by atomic mass is 16.5. The molecular formula is C24H45N3O5. The number of hydrogen-bond donors (Lipinski definition) is 3. The number of nitrogens with one attached hydrogen (secondary N) is 2. The van der Waals surface area contributed by atoms with Crippen molar-refractivity contribution >= 4 is 23.7 Å². The van der Waals surface area contributed by atoms with Gasteiger partial charge in [-0.3, -0.25) is 19.2 Å². The van der Waals surface area contributed by atoms with Gasteiger partial charge in [0.1, 0.15) is 6.04 Å². The van der Waals surface area contributed by atoms with Gasteiger partial charge in [-0.15, -0.1) is 0 Å². The fourth-order valence-corrected chi connectivity index (χ4v) is 3.48. The first kappa shape index (κ1) is 29.9. The van der Waals surface area contributed by atoms with Crippen molar-refractivity contribution in [1.29, 1.82) is 0 Å². The van der Waals surface area contributed by atoms with Crippen LogP contribution < -0.4 is 16.4 Å². The number of nitrogens with two attached hydrogens (primary N) is 1. The molecule has 8 heteroatoms. The highest BCUT2D eigenvalue weighted by Crippen LogP contribution is 2.12. The molecule has 0 aliphatic rings. The van der Waals surface area contributed by atoms with Crippen molar-refractivity contribution in [3.63, 3.8) is 0 Å². The number of carbonyl (C=O) groups is 4. The number of primary amides is 1. The number of ether oxygens (including phenoxy) is 1. The lowest BCUT2D eigenvalue weighted by Gasteiger charge is -2.18. The summed E-state index contributed by atoms with van der Waals surface area (Å²) in [5.41, 5.74) is 5.22. The summed E-state index contributed by atoms with van der Waals surface area (Å²) in [6.07, 6.45) is 13.6. The van der Waals surface area contributed by atoms with E-state index in [1.165, 1.54) is 58.5 Å². The Morgan fingerprint density at radius 1 is 0.875 bits per heavy atom. The molecule has 0 heterocycles. The minimum Gasteiger partial charge on any atom is -0.469 e. The number of carbonyl (C=O) groups excluding carboxylic acids is 4. The Bertz CT molecular complexity index is 554. The Kier molecular flexibility index (Phi) is 18.3. The van der Waals surface area contributed by atoms with Crippen LogP contribution in [0.5, 0.6) is 0 Å². The topological polar surface area (TPSA) is 128 Å². The molecule has 0 bridgehead atoms. The third kappa shape index (κ3) is 16.6. The van der Waals surface area contributed by atoms with Crippen molar-refractivity contribution in [3.8, 4) is 0 Å². The van der Waals surface area contributed by atoms with Gasteiger partial charge in [0.25, 0.3) is 0 Å². The quantitative estimate of drug-likeness (QED) is 0.192. The third-order valence-corrected chi connectivity index (χ3v) is 5.54. The number of amides is 3. The normalized spacial score (nSPS) is 12.6. The third-order valence-electron chi connectivity index (χ3n) is 5.54. The monoisotopic (exact) mass is 455 g/mol. The van der Waals surface area contributed by atoms with Gasteiger partial charge in [-0.05, 0) is 12.8 Å². The molecule has 0 saturated heterocycles. The van der Waals surface area contributed by atoms with Crippen LogP contribution in [-0.2, 0) is 23.9 Å². The van der Waals surface area contributed by atoms with Gasteiger partial charge < -0.3 is 21.1 Å². The first-order chi connectivity index (χ1) is 15.3. The minimum atomic E-state index is -0.999. The van der Waals surface area contributed by atoms with E-state index in [9.17, 15) is 19.2 Å². The van der Waals surface area contributed by atoms with Crippen molar-refractivity contribution < 1.29 is 23.9 Å². The fourth-order valence-electron chi connectivity index (χ4n) is 3.48. The van der Waals surface area contributed by atoms with Crippen molar-refractivity contribution in [2.24, 2.45) is 11.7 Å². The number of rotatable bonds is 20. The average molecular weight is 456 g/mol. The van der Waals surface area contributed by atoms with Gasteiger partial charge in [0.05, 0.1) is 19.4 Å². The van der Waals surface area contributed by atoms with E-state index in [2.05, 4.69) is 22.3 Å². The van der Waals surface area contributed by atoms with Crippen LogP contribution in [-0.4, -0.2) is 43.4 Å². The van der Waals surface area contributed by atoms with Crippen LogP contribution in [0.3, 0.4) is 0 Å². The van der Waals surface area contributed by atoms with Gasteiger partial charge in [-0.2, -0.15) is 0 Å². The second kappa shape index (κ2) is 19.6. The van der Waals surface area contributed by atoms with E-state index >= 15 is 0 Å². The van der Waals surface area contributed by atoms with Crippen molar-refractivity contribution in [3.05, 3.63) is 0 Å². The molecule has 0 spiro atoms. The molecular weight excluding hydrogens is 410 g/mol. The Hall–Kier alpha value is -2.12. The van der Waals surface area contributed by atoms with Gasteiger partial charge in [0.15, 0.2) is 0 Å². The van der Waals surface area contributed by atoms with E-state index in [0.29, 0.717) is 12.8 Å². The molecule has 0 radical (unpaired) electrons. The molecule has 2 atom stereocenters. The van der Waals surface area contributed by atoms with E-state index in [-0.39, 0.29) is 30.8 Å². The van der Waals surface area contributed by atoms with Crippen LogP contribution >= 0.6 is 0 Å². The van der Waals surface area contributed by atoms with Crippen LogP contribution in [0.4, 0.5) is 0 Å². The zero-order chi connectivity index (χ0) is 24.2. The molecule has 0 rings (SSSR count). The second-order valence-electron chi connectivity index (χ2n) is 8.58. The molecule has 0 aliphatic heterocycles. The summed E-state index contributed by atoms with van der Waals surface area (Å²) < 4.78 is 4.64. The van der Waals surface area contributed by atoms with Crippen LogP contribution in [0, 0.1) is 5.92 Å². The molecule has 1 unspecified atom stereocenters. The van der Waals surface area contributed by atoms with Gasteiger partial charge >= 0.3 is 5.97 Å². The van der Waals surface area contributed by atoms with Crippen molar-refractivity contribution in [1.82, 2.24) is 10.6 Å². The molecule has 0 saturated carbocycles. The first-order valence-corrected chi connectivity index (χ1v) is 12.2. The molecule has 8 nitrogen and oxygen atoms in total. The van der Waals surface area contributed by atoms with Gasteiger partial charge in [-0.25, -0.2) is 0 Å². The maximum absolute atomic E-state index is 12.3. The maximum Gasteiger partial charge on any atom is 0.308 e. The maximum atomic E-state index is 12.3. The zero-order valence-corrected chi connectivity index (χ0v) is 20.4. The van der Waals surface area contributed by atoms with Crippen LogP contribution in [0.2, 0.25) is 0 Å². The molecule has 0 aromatic heterocycles. The number of methoxy groups -OCH3 is 1. The molecule has 0 aromatic rings. The average Bonchev–Trinajstić information content (AvgIpc) is 2.75. The van der Waals surface area contributed by atoms with Gasteiger partial charge in [0.2, 0.25) is 17.7 Å². The highest BCUT2D eigenvalue weighted by molar-refractivity contribution is 5.91. The van der Waals surface area contributed by atoms with E-state index in [1.54, 1.807) is 6.92 Å². The summed E-state index contributed by atoms with van der Waals surface area (Å²) >= 11 is 0. The predicted molar refractivity (Wildman–Crippen MR) is 126 cm³/mol. The number of hydrogen-bond acceptors (Lipinski definition) is 5. The summed E-state index contributed by atoms with van der Waals surface area (Å²) in [6, 6.07) is -0.999. The van der Waals surface area contributed by atoms with Crippen LogP contribution in [0.25, 0.3) is 0 Å². The molecule has 3 amide bonds. The van der Waals surface area contributed by atoms with Crippen molar-refractivity contribution in [2.75, 3.05) is 13.7 Å². The summed E-state index contributed by atoms with van der Waals surface area (Å²) in [5.74, 6) is -2.11. The summed E-state index contributed by atoms with van der Waals surface area (Å²) in [7, 11) is 1.31. The van der Waals surface area contributed by atoms with Crippen molar-refractivity contribution in [2.45, 2.75) is 110 Å². The van der Waals surface area contributed by atoms with E-state index in [1.807, 2.05) is 0 Å². The van der Waals surface area contributed by atoms with E-state index in [0.717, 1.165) is 19.3 Å². The van der Waals surface area contributed by atoms with E-state index in [4.69, 9.17) is 5.73 Å². The fraction of sp³-hybridized carbons (Fsp3) is 0.833. The summed E-state index contributed by atoms with van der Waals surface area (Å²) in [6.45, 7) is 4.16. The largest absolute Gasteiger partial charge is 0.469 e. The van der Waals surface area contributed by atoms with E-state index < -0.39 is 17.9 Å². The SMILES string of the molecule is CCCCCCCCCCCCCC(=O)N[C@H](CC(N)=O)C(=O)NCCC(C)C(=O)OC. The Morgan fingerprint density at radius 3 is 1.91 bits per heavy atom. The smallest absolute Gasteiger partial charge is 0.308 e. The minimum absolute atomic E-state index is 0.235. The number of esters is 1. The van der Waals surface area contributed by atoms with Crippen LogP contribution in [0.15, 0.2) is 0 Å². The molecule has 186 valence electrons. The predicted octanol–water partition coefficient (Wildman–Crippen LogP) is 3.36. The Balaban J connectivity index is 4.06. The number of unbranched alkanes of at least 4 members (excludes halogenated alkanes) is 10.